The van der Waals surface area contributed by atoms with E-state index in [1.165, 1.54) is 0 Å². The molecule has 0 aromatic heterocycles. The van der Waals surface area contributed by atoms with Gasteiger partial charge in [0.2, 0.25) is 0 Å². The van der Waals surface area contributed by atoms with E-state index < -0.39 is 36.4 Å². The molecule has 0 rings (SSSR count). The van der Waals surface area contributed by atoms with E-state index in [4.69, 9.17) is 14.9 Å². The fourth-order valence-electron chi connectivity index (χ4n) is 1.19. The second-order valence-electron chi connectivity index (χ2n) is 5.32. The molecular weight excluding hydrogens is 314 g/mol. The van der Waals surface area contributed by atoms with E-state index in [1.54, 1.807) is 0 Å². The zero-order chi connectivity index (χ0) is 15.3. The number of aliphatic carboxylic acids is 2. The molecule has 1 unspecified atom stereocenters. The summed E-state index contributed by atoms with van der Waals surface area (Å²) in [6.07, 6.45) is -1.96. The third-order valence-electron chi connectivity index (χ3n) is 2.30. The molecule has 20 heavy (non-hydrogen) atoms. The number of esters is 1. The molecule has 0 bridgehead atoms. The summed E-state index contributed by atoms with van der Waals surface area (Å²) in [5, 5.41) is 26.9. The van der Waals surface area contributed by atoms with E-state index in [0.717, 1.165) is 0 Å². The fourth-order valence-corrected chi connectivity index (χ4v) is 1.19. The molecule has 9 heteroatoms. The Morgan fingerprint density at radius 3 is 1.95 bits per heavy atom. The van der Waals surface area contributed by atoms with Crippen LogP contribution < -0.4 is 0 Å². The maximum absolute atomic E-state index is 11.4. The summed E-state index contributed by atoms with van der Waals surface area (Å²) < 4.78 is 5.32. The van der Waals surface area contributed by atoms with Gasteiger partial charge in [-0.05, 0) is 0 Å². The second kappa shape index (κ2) is 8.21. The number of carbonyl (C=O) groups excluding carboxylic acids is 1. The Bertz CT molecular complexity index is 366. The van der Waals surface area contributed by atoms with Gasteiger partial charge in [0.05, 0.1) is 34.0 Å². The van der Waals surface area contributed by atoms with E-state index in [0.29, 0.717) is 11.0 Å². The summed E-state index contributed by atoms with van der Waals surface area (Å²) in [5.41, 5.74) is -2.64. The van der Waals surface area contributed by atoms with Gasteiger partial charge in [0.15, 0.2) is 5.60 Å². The molecule has 0 aromatic rings. The van der Waals surface area contributed by atoms with Gasteiger partial charge in [-0.15, -0.1) is 0 Å². The van der Waals surface area contributed by atoms with Gasteiger partial charge in [-0.3, -0.25) is 9.59 Å². The summed E-state index contributed by atoms with van der Waals surface area (Å²) in [4.78, 5) is 32.7. The van der Waals surface area contributed by atoms with Crippen molar-refractivity contribution in [2.24, 2.45) is 0 Å². The minimum absolute atomic E-state index is 0. The van der Waals surface area contributed by atoms with Crippen molar-refractivity contribution in [3.05, 3.63) is 0 Å². The molecule has 8 nitrogen and oxygen atoms in total. The quantitative estimate of drug-likeness (QED) is 0.293. The molecule has 0 fully saturated rings. The third-order valence-corrected chi connectivity index (χ3v) is 2.30. The van der Waals surface area contributed by atoms with Gasteiger partial charge >= 0.3 is 17.9 Å². The average Bonchev–Trinajstić information content (AvgIpc) is 2.12. The van der Waals surface area contributed by atoms with Crippen LogP contribution in [0, 0.1) is 0 Å². The number of quaternary nitrogens is 1. The predicted octanol–water partition coefficient (Wildman–Crippen LogP) is -1.09. The summed E-state index contributed by atoms with van der Waals surface area (Å²) >= 11 is 0. The number of rotatable bonds is 8. The van der Waals surface area contributed by atoms with E-state index in [2.05, 4.69) is 0 Å². The van der Waals surface area contributed by atoms with Crippen molar-refractivity contribution >= 4 is 17.9 Å². The molecule has 0 saturated carbocycles. The van der Waals surface area contributed by atoms with Gasteiger partial charge in [0.25, 0.3) is 0 Å². The molecule has 0 aliphatic heterocycles. The molecule has 118 valence electrons. The van der Waals surface area contributed by atoms with Crippen LogP contribution in [0.4, 0.5) is 0 Å². The molecule has 1 atom stereocenters. The van der Waals surface area contributed by atoms with Gasteiger partial charge in [-0.1, -0.05) is 0 Å². The SMILES string of the molecule is C[N+](C)(C)CCOC(=O)CC(O)(CC(=O)O)C(=O)O.[Fe]. The fraction of sp³-hybridized carbons (Fsp3) is 0.727. The Balaban J connectivity index is 0. The van der Waals surface area contributed by atoms with E-state index in [9.17, 15) is 19.5 Å². The van der Waals surface area contributed by atoms with Crippen LogP contribution in [0.25, 0.3) is 0 Å². The number of carboxylic acid groups (broad SMARTS) is 2. The molecular formula is C11H20FeNO7+. The largest absolute Gasteiger partial charge is 0.481 e. The standard InChI is InChI=1S/C11H19NO7.Fe/c1-12(2,3)4-5-19-9(15)7-11(18,10(16)17)6-8(13)14;/h18H,4-7H2,1-3H3,(H-,13,14,16,17);/p+1. The van der Waals surface area contributed by atoms with Crippen LogP contribution >= 0.6 is 0 Å². The summed E-state index contributed by atoms with van der Waals surface area (Å²) in [5.74, 6) is -4.22. The Morgan fingerprint density at radius 1 is 1.10 bits per heavy atom. The van der Waals surface area contributed by atoms with Crippen LogP contribution in [0.5, 0.6) is 0 Å². The number of hydrogen-bond donors (Lipinski definition) is 3. The minimum Gasteiger partial charge on any atom is -0.481 e. The van der Waals surface area contributed by atoms with E-state index in [1.807, 2.05) is 21.1 Å². The van der Waals surface area contributed by atoms with Gasteiger partial charge in [-0.25, -0.2) is 4.79 Å². The molecule has 0 aliphatic carbocycles. The van der Waals surface area contributed by atoms with E-state index >= 15 is 0 Å². The molecule has 3 N–H and O–H groups in total. The Hall–Kier alpha value is -1.15. The van der Waals surface area contributed by atoms with Crippen molar-refractivity contribution in [3.63, 3.8) is 0 Å². The molecule has 0 amide bonds. The molecule has 0 aromatic carbocycles. The average molecular weight is 334 g/mol. The molecule has 0 aliphatic rings. The number of aliphatic hydroxyl groups is 1. The van der Waals surface area contributed by atoms with Crippen LogP contribution in [0.2, 0.25) is 0 Å². The maximum atomic E-state index is 11.4. The normalized spacial score (nSPS) is 13.8. The first-order valence-corrected chi connectivity index (χ1v) is 5.60. The van der Waals surface area contributed by atoms with Gasteiger partial charge in [-0.2, -0.15) is 0 Å². The smallest absolute Gasteiger partial charge is 0.336 e. The zero-order valence-electron chi connectivity index (χ0n) is 11.6. The first kappa shape index (κ1) is 21.2. The molecule has 0 saturated heterocycles. The zero-order valence-corrected chi connectivity index (χ0v) is 12.7. The summed E-state index contributed by atoms with van der Waals surface area (Å²) in [6.45, 7) is 0.571. The van der Waals surface area contributed by atoms with Crippen LogP contribution in [0.15, 0.2) is 0 Å². The number of hydrogen-bond acceptors (Lipinski definition) is 5. The summed E-state index contributed by atoms with van der Waals surface area (Å²) in [7, 11) is 5.64. The van der Waals surface area contributed by atoms with Crippen LogP contribution in [0.1, 0.15) is 12.8 Å². The Labute approximate surface area is 127 Å². The van der Waals surface area contributed by atoms with Gasteiger partial charge in [0, 0.05) is 17.1 Å². The number of ether oxygens (including phenoxy) is 1. The predicted molar refractivity (Wildman–Crippen MR) is 63.3 cm³/mol. The Kier molecular flexibility index (Phi) is 8.68. The maximum Gasteiger partial charge on any atom is 0.336 e. The van der Waals surface area contributed by atoms with Gasteiger partial charge in [0.1, 0.15) is 13.2 Å². The van der Waals surface area contributed by atoms with Crippen molar-refractivity contribution in [2.75, 3.05) is 34.3 Å². The van der Waals surface area contributed by atoms with Gasteiger partial charge < -0.3 is 24.5 Å². The van der Waals surface area contributed by atoms with E-state index in [-0.39, 0.29) is 23.7 Å². The van der Waals surface area contributed by atoms with Crippen molar-refractivity contribution in [3.8, 4) is 0 Å². The molecule has 0 heterocycles. The second-order valence-corrected chi connectivity index (χ2v) is 5.32. The van der Waals surface area contributed by atoms with Crippen molar-refractivity contribution in [2.45, 2.75) is 18.4 Å². The first-order valence-electron chi connectivity index (χ1n) is 5.60. The van der Waals surface area contributed by atoms with Crippen LogP contribution in [-0.4, -0.2) is 77.6 Å². The number of carbonyl (C=O) groups is 3. The summed E-state index contributed by atoms with van der Waals surface area (Å²) in [6, 6.07) is 0. The van der Waals surface area contributed by atoms with Crippen molar-refractivity contribution in [1.82, 2.24) is 0 Å². The number of nitrogens with zero attached hydrogens (tertiary/aromatic N) is 1. The first-order chi connectivity index (χ1) is 8.46. The Morgan fingerprint density at radius 2 is 1.60 bits per heavy atom. The van der Waals surface area contributed by atoms with Crippen LogP contribution in [-0.2, 0) is 36.2 Å². The molecule has 0 radical (unpaired) electrons. The monoisotopic (exact) mass is 334 g/mol. The third kappa shape index (κ3) is 8.87. The van der Waals surface area contributed by atoms with Crippen molar-refractivity contribution in [1.29, 1.82) is 0 Å². The van der Waals surface area contributed by atoms with Crippen molar-refractivity contribution < 1.29 is 56.0 Å². The number of likely N-dealkylation sites (N-methyl/N-ethyl adjacent to an activating group) is 1. The number of carboxylic acids is 2. The minimum atomic E-state index is -2.64. The molecule has 0 spiro atoms. The topological polar surface area (TPSA) is 121 Å². The van der Waals surface area contributed by atoms with Crippen LogP contribution in [0.3, 0.4) is 0 Å².